The van der Waals surface area contributed by atoms with Crippen LogP contribution >= 0.6 is 15.8 Å². The van der Waals surface area contributed by atoms with Gasteiger partial charge in [-0.1, -0.05) is 140 Å². The van der Waals surface area contributed by atoms with E-state index in [1.807, 2.05) is 0 Å². The van der Waals surface area contributed by atoms with Crippen molar-refractivity contribution < 1.29 is 0 Å². The normalized spacial score (nSPS) is 12.0. The van der Waals surface area contributed by atoms with Crippen molar-refractivity contribution in [3.8, 4) is 0 Å². The van der Waals surface area contributed by atoms with Crippen LogP contribution in [0.5, 0.6) is 0 Å². The van der Waals surface area contributed by atoms with Crippen LogP contribution < -0.4 is 0 Å². The van der Waals surface area contributed by atoms with Gasteiger partial charge in [-0.25, -0.2) is 0 Å². The molecule has 31 heavy (non-hydrogen) atoms. The molecule has 0 heterocycles. The van der Waals surface area contributed by atoms with Gasteiger partial charge >= 0.3 is 0 Å². The minimum atomic E-state index is 0.272. The summed E-state index contributed by atoms with van der Waals surface area (Å²) in [5, 5.41) is 1.15. The Morgan fingerprint density at radius 3 is 0.903 bits per heavy atom. The second-order valence-corrected chi connectivity index (χ2v) is 15.7. The second kappa shape index (κ2) is 25.5. The van der Waals surface area contributed by atoms with Gasteiger partial charge in [-0.3, -0.25) is 0 Å². The maximum atomic E-state index is 2.42. The van der Waals surface area contributed by atoms with Gasteiger partial charge in [0.05, 0.1) is 0 Å². The van der Waals surface area contributed by atoms with E-state index in [0.29, 0.717) is 0 Å². The lowest BCUT2D eigenvalue weighted by Gasteiger charge is -2.36. The highest BCUT2D eigenvalue weighted by atomic mass is 31.2. The minimum Gasteiger partial charge on any atom is -0.0991 e. The summed E-state index contributed by atoms with van der Waals surface area (Å²) in [4.78, 5) is 0. The summed E-state index contributed by atoms with van der Waals surface area (Å²) in [5.74, 6) is 0. The van der Waals surface area contributed by atoms with Crippen LogP contribution in [0, 0.1) is 0 Å². The van der Waals surface area contributed by atoms with E-state index in [0.717, 1.165) is 5.40 Å². The average molecular weight is 473 g/mol. The largest absolute Gasteiger partial charge is 0.0991 e. The molecule has 2 heteroatoms. The first-order valence-electron chi connectivity index (χ1n) is 14.7. The summed E-state index contributed by atoms with van der Waals surface area (Å²) in [6.07, 6.45) is 34.4. The average Bonchev–Trinajstić information content (AvgIpc) is 2.78. The summed E-state index contributed by atoms with van der Waals surface area (Å²) in [6.45, 7) is 11.9. The van der Waals surface area contributed by atoms with Gasteiger partial charge in [0.1, 0.15) is 0 Å². The smallest absolute Gasteiger partial charge is 0.000583 e. The highest BCUT2D eigenvalue weighted by Gasteiger charge is 2.27. The van der Waals surface area contributed by atoms with E-state index in [1.165, 1.54) is 116 Å². The molecule has 0 radical (unpaired) electrons. The molecule has 188 valence electrons. The lowest BCUT2D eigenvalue weighted by Crippen LogP contribution is -2.13. The van der Waals surface area contributed by atoms with Crippen molar-refractivity contribution in [2.75, 3.05) is 24.6 Å². The first kappa shape index (κ1) is 31.9. The first-order chi connectivity index (χ1) is 15.2. The molecule has 0 fully saturated rings. The lowest BCUT2D eigenvalue weighted by atomic mass is 10.2. The summed E-state index contributed by atoms with van der Waals surface area (Å²) >= 11 is 0. The Balaban J connectivity index is 5.18. The van der Waals surface area contributed by atoms with E-state index in [2.05, 4.69) is 34.6 Å². The van der Waals surface area contributed by atoms with Crippen LogP contribution in [0.2, 0.25) is 0 Å². The molecule has 0 nitrogen and oxygen atoms in total. The highest BCUT2D eigenvalue weighted by Crippen LogP contribution is 2.61. The number of rotatable bonds is 25. The maximum absolute atomic E-state index is 2.42. The molecule has 0 aliphatic heterocycles. The van der Waals surface area contributed by atoms with Crippen LogP contribution in [0.15, 0.2) is 0 Å². The van der Waals surface area contributed by atoms with Gasteiger partial charge in [-0.05, 0) is 62.2 Å². The van der Waals surface area contributed by atoms with Crippen molar-refractivity contribution in [3.05, 3.63) is 0 Å². The number of hydrogen-bond acceptors (Lipinski definition) is 0. The highest BCUT2D eigenvalue weighted by molar-refractivity contribution is 7.75. The van der Waals surface area contributed by atoms with Crippen molar-refractivity contribution in [2.24, 2.45) is 0 Å². The van der Waals surface area contributed by atoms with Crippen molar-refractivity contribution >= 4 is 15.8 Å². The summed E-state index contributed by atoms with van der Waals surface area (Å²) in [5.41, 5.74) is 0. The monoisotopic (exact) mass is 472 g/mol. The Bertz CT molecular complexity index is 279. The fourth-order valence-electron chi connectivity index (χ4n) is 4.77. The minimum absolute atomic E-state index is 0.272. The molecular weight excluding hydrogens is 410 g/mol. The first-order valence-corrected chi connectivity index (χ1v) is 18.3. The van der Waals surface area contributed by atoms with Gasteiger partial charge in [-0.15, -0.1) is 0 Å². The molecule has 0 amide bonds. The van der Waals surface area contributed by atoms with Crippen molar-refractivity contribution in [1.82, 2.24) is 0 Å². The van der Waals surface area contributed by atoms with Crippen LogP contribution in [0.4, 0.5) is 0 Å². The zero-order chi connectivity index (χ0) is 23.0. The summed E-state index contributed by atoms with van der Waals surface area (Å²) < 4.78 is 0. The van der Waals surface area contributed by atoms with E-state index in [9.17, 15) is 0 Å². The standard InChI is InChI=1S/C29H62P2/c1-6-11-16-20-25-30(26-21-17-12-7-2)29(24-15-10-5)31(27-22-18-13-8-3)28-23-19-14-9-4/h29H,6-28H2,1-5H3. The van der Waals surface area contributed by atoms with Gasteiger partial charge in [0.25, 0.3) is 0 Å². The molecular formula is C29H62P2. The third-order valence-corrected chi connectivity index (χ3v) is 14.6. The van der Waals surface area contributed by atoms with Crippen molar-refractivity contribution in [1.29, 1.82) is 0 Å². The Morgan fingerprint density at radius 1 is 0.355 bits per heavy atom. The third kappa shape index (κ3) is 18.9. The molecule has 0 spiro atoms. The van der Waals surface area contributed by atoms with E-state index in [1.54, 1.807) is 31.1 Å². The summed E-state index contributed by atoms with van der Waals surface area (Å²) in [6, 6.07) is 0. The molecule has 0 atom stereocenters. The molecule has 0 aromatic heterocycles. The molecule has 0 saturated heterocycles. The topological polar surface area (TPSA) is 0 Å². The molecule has 0 saturated carbocycles. The molecule has 0 rings (SSSR count). The van der Waals surface area contributed by atoms with E-state index >= 15 is 0 Å². The van der Waals surface area contributed by atoms with Crippen molar-refractivity contribution in [2.45, 2.75) is 162 Å². The molecule has 0 unspecified atom stereocenters. The fraction of sp³-hybridized carbons (Fsp3) is 1.00. The molecule has 0 aliphatic carbocycles. The maximum Gasteiger partial charge on any atom is -0.000583 e. The SMILES string of the molecule is CCCCCCP(CCCCCC)C(CCCC)P(CCCCCC)CCCCCC. The zero-order valence-electron chi connectivity index (χ0n) is 22.7. The molecule has 0 aromatic rings. The van der Waals surface area contributed by atoms with Crippen LogP contribution in [-0.2, 0) is 0 Å². The molecule has 0 N–H and O–H groups in total. The van der Waals surface area contributed by atoms with E-state index in [4.69, 9.17) is 0 Å². The van der Waals surface area contributed by atoms with Gasteiger partial charge in [0, 0.05) is 0 Å². The van der Waals surface area contributed by atoms with E-state index in [-0.39, 0.29) is 15.8 Å². The predicted molar refractivity (Wildman–Crippen MR) is 153 cm³/mol. The third-order valence-electron chi connectivity index (χ3n) is 6.85. The van der Waals surface area contributed by atoms with Gasteiger partial charge in [-0.2, -0.15) is 0 Å². The molecule has 0 aliphatic rings. The van der Waals surface area contributed by atoms with Gasteiger partial charge in [0.2, 0.25) is 0 Å². The van der Waals surface area contributed by atoms with Crippen LogP contribution in [0.1, 0.15) is 157 Å². The van der Waals surface area contributed by atoms with Crippen LogP contribution in [-0.4, -0.2) is 30.0 Å². The second-order valence-electron chi connectivity index (χ2n) is 9.94. The quantitative estimate of drug-likeness (QED) is 0.0915. The van der Waals surface area contributed by atoms with Crippen LogP contribution in [0.25, 0.3) is 0 Å². The van der Waals surface area contributed by atoms with E-state index < -0.39 is 0 Å². The number of unbranched alkanes of at least 4 members (excludes halogenated alkanes) is 13. The Kier molecular flexibility index (Phi) is 26.2. The van der Waals surface area contributed by atoms with Crippen molar-refractivity contribution in [3.63, 3.8) is 0 Å². The fourth-order valence-corrected chi connectivity index (χ4v) is 13.3. The predicted octanol–water partition coefficient (Wildman–Crippen LogP) is 11.8. The summed E-state index contributed by atoms with van der Waals surface area (Å²) in [7, 11) is 0.543. The Hall–Kier alpha value is 0.860. The van der Waals surface area contributed by atoms with Crippen LogP contribution in [0.3, 0.4) is 0 Å². The number of hydrogen-bond donors (Lipinski definition) is 0. The van der Waals surface area contributed by atoms with Gasteiger partial charge in [0.15, 0.2) is 0 Å². The Morgan fingerprint density at radius 2 is 0.645 bits per heavy atom. The molecule has 0 bridgehead atoms. The zero-order valence-corrected chi connectivity index (χ0v) is 24.5. The Labute approximate surface area is 202 Å². The lowest BCUT2D eigenvalue weighted by molar-refractivity contribution is 0.685. The van der Waals surface area contributed by atoms with Gasteiger partial charge < -0.3 is 0 Å². The molecule has 0 aromatic carbocycles.